The molecule has 84 valence electrons. The molecule has 3 nitrogen and oxygen atoms in total. The molecular formula is C11H11ClFN3. The van der Waals surface area contributed by atoms with Crippen molar-refractivity contribution < 1.29 is 4.39 Å². The van der Waals surface area contributed by atoms with Crippen molar-refractivity contribution >= 4 is 17.4 Å². The molecule has 0 unspecified atom stereocenters. The molecule has 2 aromatic rings. The molecule has 0 saturated carbocycles. The van der Waals surface area contributed by atoms with Crippen LogP contribution < -0.4 is 5.73 Å². The standard InChI is InChI=1S/C11H11ClFN3/c1-6-3-4-7(12)10(11(6)13)8-5-9(14)16(2)15-8/h3-5H,14H2,1-2H3. The van der Waals surface area contributed by atoms with Gasteiger partial charge in [0.2, 0.25) is 0 Å². The zero-order chi connectivity index (χ0) is 11.9. The van der Waals surface area contributed by atoms with Crippen LogP contribution in [0.2, 0.25) is 5.02 Å². The van der Waals surface area contributed by atoms with Crippen molar-refractivity contribution in [3.63, 3.8) is 0 Å². The highest BCUT2D eigenvalue weighted by Crippen LogP contribution is 2.32. The van der Waals surface area contributed by atoms with Crippen molar-refractivity contribution in [3.8, 4) is 11.3 Å². The lowest BCUT2D eigenvalue weighted by Crippen LogP contribution is -1.97. The molecule has 1 aromatic carbocycles. The van der Waals surface area contributed by atoms with E-state index in [1.165, 1.54) is 4.68 Å². The molecule has 5 heteroatoms. The largest absolute Gasteiger partial charge is 0.384 e. The number of nitrogen functional groups attached to an aromatic ring is 1. The van der Waals surface area contributed by atoms with Crippen LogP contribution in [0.3, 0.4) is 0 Å². The molecule has 0 saturated heterocycles. The fourth-order valence-corrected chi connectivity index (χ4v) is 1.74. The molecule has 1 aromatic heterocycles. The van der Waals surface area contributed by atoms with E-state index in [0.717, 1.165) is 0 Å². The lowest BCUT2D eigenvalue weighted by atomic mass is 10.1. The summed E-state index contributed by atoms with van der Waals surface area (Å²) in [6.45, 7) is 1.68. The quantitative estimate of drug-likeness (QED) is 0.832. The molecule has 0 atom stereocenters. The predicted octanol–water partition coefficient (Wildman–Crippen LogP) is 2.77. The minimum Gasteiger partial charge on any atom is -0.384 e. The van der Waals surface area contributed by atoms with E-state index in [1.807, 2.05) is 0 Å². The Kier molecular flexibility index (Phi) is 2.59. The Hall–Kier alpha value is -1.55. The van der Waals surface area contributed by atoms with Crippen molar-refractivity contribution in [3.05, 3.63) is 34.6 Å². The Morgan fingerprint density at radius 2 is 2.12 bits per heavy atom. The second-order valence-electron chi connectivity index (χ2n) is 3.63. The van der Waals surface area contributed by atoms with Crippen molar-refractivity contribution in [2.75, 3.05) is 5.73 Å². The molecule has 0 bridgehead atoms. The van der Waals surface area contributed by atoms with E-state index < -0.39 is 0 Å². The van der Waals surface area contributed by atoms with Crippen LogP contribution in [-0.2, 0) is 7.05 Å². The lowest BCUT2D eigenvalue weighted by Gasteiger charge is -2.04. The number of benzene rings is 1. The highest BCUT2D eigenvalue weighted by molar-refractivity contribution is 6.33. The summed E-state index contributed by atoms with van der Waals surface area (Å²) in [6, 6.07) is 4.89. The number of rotatable bonds is 1. The Morgan fingerprint density at radius 1 is 1.44 bits per heavy atom. The molecule has 2 rings (SSSR count). The number of aromatic nitrogens is 2. The number of nitrogens with zero attached hydrogens (tertiary/aromatic N) is 2. The zero-order valence-electron chi connectivity index (χ0n) is 8.96. The third-order valence-corrected chi connectivity index (χ3v) is 2.77. The molecule has 0 aliphatic carbocycles. The van der Waals surface area contributed by atoms with Crippen LogP contribution in [0.5, 0.6) is 0 Å². The van der Waals surface area contributed by atoms with Gasteiger partial charge in [0.25, 0.3) is 0 Å². The van der Waals surface area contributed by atoms with Gasteiger partial charge in [0, 0.05) is 13.1 Å². The summed E-state index contributed by atoms with van der Waals surface area (Å²) < 4.78 is 15.4. The smallest absolute Gasteiger partial charge is 0.137 e. The van der Waals surface area contributed by atoms with Gasteiger partial charge in [-0.1, -0.05) is 17.7 Å². The average molecular weight is 240 g/mol. The molecule has 0 aliphatic rings. The van der Waals surface area contributed by atoms with E-state index in [1.54, 1.807) is 32.2 Å². The number of aryl methyl sites for hydroxylation is 2. The SMILES string of the molecule is Cc1ccc(Cl)c(-c2cc(N)n(C)n2)c1F. The number of hydrogen-bond acceptors (Lipinski definition) is 2. The maximum atomic E-state index is 13.9. The summed E-state index contributed by atoms with van der Waals surface area (Å²) in [4.78, 5) is 0. The normalized spacial score (nSPS) is 10.8. The van der Waals surface area contributed by atoms with Gasteiger partial charge in [-0.3, -0.25) is 4.68 Å². The highest BCUT2D eigenvalue weighted by atomic mass is 35.5. The van der Waals surface area contributed by atoms with Gasteiger partial charge in [0.15, 0.2) is 0 Å². The predicted molar refractivity (Wildman–Crippen MR) is 62.8 cm³/mol. The monoisotopic (exact) mass is 239 g/mol. The van der Waals surface area contributed by atoms with Gasteiger partial charge in [-0.15, -0.1) is 0 Å². The summed E-state index contributed by atoms with van der Waals surface area (Å²) in [6.07, 6.45) is 0. The molecule has 0 fully saturated rings. The molecule has 0 radical (unpaired) electrons. The van der Waals surface area contributed by atoms with E-state index >= 15 is 0 Å². The van der Waals surface area contributed by atoms with E-state index in [4.69, 9.17) is 17.3 Å². The van der Waals surface area contributed by atoms with Crippen LogP contribution in [0.15, 0.2) is 18.2 Å². The Morgan fingerprint density at radius 3 is 2.69 bits per heavy atom. The van der Waals surface area contributed by atoms with Gasteiger partial charge in [-0.2, -0.15) is 5.10 Å². The fraction of sp³-hybridized carbons (Fsp3) is 0.182. The van der Waals surface area contributed by atoms with E-state index in [2.05, 4.69) is 5.10 Å². The van der Waals surface area contributed by atoms with Crippen LogP contribution >= 0.6 is 11.6 Å². The molecule has 0 spiro atoms. The minimum atomic E-state index is -0.356. The first-order valence-electron chi connectivity index (χ1n) is 4.75. The molecule has 16 heavy (non-hydrogen) atoms. The minimum absolute atomic E-state index is 0.300. The van der Waals surface area contributed by atoms with E-state index in [0.29, 0.717) is 27.7 Å². The summed E-state index contributed by atoms with van der Waals surface area (Å²) in [5.41, 5.74) is 6.93. The summed E-state index contributed by atoms with van der Waals surface area (Å²) in [7, 11) is 1.69. The maximum absolute atomic E-state index is 13.9. The van der Waals surface area contributed by atoms with Gasteiger partial charge in [0.05, 0.1) is 16.3 Å². The first-order valence-corrected chi connectivity index (χ1v) is 5.13. The first-order chi connectivity index (χ1) is 7.50. The summed E-state index contributed by atoms with van der Waals surface area (Å²) in [5, 5.41) is 4.44. The molecule has 2 N–H and O–H groups in total. The van der Waals surface area contributed by atoms with Crippen molar-refractivity contribution in [1.29, 1.82) is 0 Å². The van der Waals surface area contributed by atoms with Crippen LogP contribution in [-0.4, -0.2) is 9.78 Å². The topological polar surface area (TPSA) is 43.8 Å². The Bertz CT molecular complexity index is 529. The average Bonchev–Trinajstić information content (AvgIpc) is 2.54. The van der Waals surface area contributed by atoms with E-state index in [-0.39, 0.29) is 5.82 Å². The molecule has 1 heterocycles. The zero-order valence-corrected chi connectivity index (χ0v) is 9.72. The lowest BCUT2D eigenvalue weighted by molar-refractivity contribution is 0.621. The van der Waals surface area contributed by atoms with Gasteiger partial charge < -0.3 is 5.73 Å². The van der Waals surface area contributed by atoms with Crippen molar-refractivity contribution in [1.82, 2.24) is 9.78 Å². The van der Waals surface area contributed by atoms with Crippen molar-refractivity contribution in [2.45, 2.75) is 6.92 Å². The van der Waals surface area contributed by atoms with Crippen LogP contribution in [0.1, 0.15) is 5.56 Å². The van der Waals surface area contributed by atoms with Gasteiger partial charge in [-0.25, -0.2) is 4.39 Å². The second-order valence-corrected chi connectivity index (χ2v) is 4.04. The number of anilines is 1. The molecule has 0 amide bonds. The first kappa shape index (κ1) is 11.0. The number of hydrogen-bond donors (Lipinski definition) is 1. The van der Waals surface area contributed by atoms with Crippen LogP contribution in [0, 0.1) is 12.7 Å². The van der Waals surface area contributed by atoms with Gasteiger partial charge in [-0.05, 0) is 18.6 Å². The second kappa shape index (κ2) is 3.79. The molecular weight excluding hydrogens is 229 g/mol. The van der Waals surface area contributed by atoms with Crippen LogP contribution in [0.4, 0.5) is 10.2 Å². The van der Waals surface area contributed by atoms with E-state index in [9.17, 15) is 4.39 Å². The third kappa shape index (κ3) is 1.65. The Balaban J connectivity index is 2.68. The Labute approximate surface area is 97.6 Å². The molecule has 0 aliphatic heterocycles. The van der Waals surface area contributed by atoms with Crippen molar-refractivity contribution in [2.24, 2.45) is 7.05 Å². The van der Waals surface area contributed by atoms with Gasteiger partial charge in [0.1, 0.15) is 11.6 Å². The van der Waals surface area contributed by atoms with Gasteiger partial charge >= 0.3 is 0 Å². The summed E-state index contributed by atoms with van der Waals surface area (Å²) in [5.74, 6) is 0.109. The number of halogens is 2. The summed E-state index contributed by atoms with van der Waals surface area (Å²) >= 11 is 5.97. The highest BCUT2D eigenvalue weighted by Gasteiger charge is 2.15. The van der Waals surface area contributed by atoms with Crippen LogP contribution in [0.25, 0.3) is 11.3 Å². The number of nitrogens with two attached hydrogens (primary N) is 1. The third-order valence-electron chi connectivity index (χ3n) is 2.46. The fourth-order valence-electron chi connectivity index (χ4n) is 1.50. The maximum Gasteiger partial charge on any atom is 0.137 e.